The van der Waals surface area contributed by atoms with Gasteiger partial charge >= 0.3 is 0 Å². The van der Waals surface area contributed by atoms with Gasteiger partial charge in [0, 0.05) is 19.6 Å². The minimum atomic E-state index is -0.381. The van der Waals surface area contributed by atoms with Gasteiger partial charge in [0.1, 0.15) is 0 Å². The molecule has 114 valence electrons. The second-order valence-corrected chi connectivity index (χ2v) is 5.96. The van der Waals surface area contributed by atoms with E-state index in [0.717, 1.165) is 51.3 Å². The standard InChI is InChI=1S/C18H26N2O/c1-3-16(2)18(15-19,17-7-5-4-6-8-17)9-10-20-11-13-21-14-12-20/h4-8,16H,3,9-14H2,1-2H3. The average Bonchev–Trinajstić information content (AvgIpc) is 2.57. The Labute approximate surface area is 128 Å². The molecule has 1 aromatic rings. The van der Waals surface area contributed by atoms with Crippen molar-refractivity contribution in [1.82, 2.24) is 4.90 Å². The third-order valence-corrected chi connectivity index (χ3v) is 4.87. The van der Waals surface area contributed by atoms with Crippen LogP contribution in [0.5, 0.6) is 0 Å². The molecule has 2 rings (SSSR count). The first kappa shape index (κ1) is 16.0. The third-order valence-electron chi connectivity index (χ3n) is 4.87. The molecule has 0 N–H and O–H groups in total. The van der Waals surface area contributed by atoms with E-state index in [0.29, 0.717) is 5.92 Å². The van der Waals surface area contributed by atoms with Crippen molar-refractivity contribution in [3.63, 3.8) is 0 Å². The first-order chi connectivity index (χ1) is 10.2. The van der Waals surface area contributed by atoms with E-state index in [1.165, 1.54) is 0 Å². The summed E-state index contributed by atoms with van der Waals surface area (Å²) in [5, 5.41) is 9.97. The van der Waals surface area contributed by atoms with Crippen molar-refractivity contribution >= 4 is 0 Å². The molecule has 0 aliphatic carbocycles. The molecule has 1 aliphatic rings. The summed E-state index contributed by atoms with van der Waals surface area (Å²) in [6, 6.07) is 13.0. The Morgan fingerprint density at radius 2 is 1.95 bits per heavy atom. The predicted molar refractivity (Wildman–Crippen MR) is 85.1 cm³/mol. The maximum atomic E-state index is 9.97. The van der Waals surface area contributed by atoms with Crippen LogP contribution in [0.3, 0.4) is 0 Å². The topological polar surface area (TPSA) is 36.3 Å². The van der Waals surface area contributed by atoms with E-state index < -0.39 is 0 Å². The molecule has 0 bridgehead atoms. The van der Waals surface area contributed by atoms with Gasteiger partial charge in [0.2, 0.25) is 0 Å². The van der Waals surface area contributed by atoms with Gasteiger partial charge in [0.05, 0.1) is 24.7 Å². The molecule has 1 saturated heterocycles. The molecular weight excluding hydrogens is 260 g/mol. The van der Waals surface area contributed by atoms with Crippen molar-refractivity contribution in [3.05, 3.63) is 35.9 Å². The summed E-state index contributed by atoms with van der Waals surface area (Å²) in [6.45, 7) is 8.94. The van der Waals surface area contributed by atoms with Crippen LogP contribution in [0.2, 0.25) is 0 Å². The quantitative estimate of drug-likeness (QED) is 0.805. The Morgan fingerprint density at radius 1 is 1.29 bits per heavy atom. The molecule has 1 fully saturated rings. The fourth-order valence-electron chi connectivity index (χ4n) is 3.15. The summed E-state index contributed by atoms with van der Waals surface area (Å²) in [5.74, 6) is 0.353. The van der Waals surface area contributed by atoms with Gasteiger partial charge in [0.25, 0.3) is 0 Å². The zero-order valence-electron chi connectivity index (χ0n) is 13.2. The Morgan fingerprint density at radius 3 is 2.52 bits per heavy atom. The lowest BCUT2D eigenvalue weighted by Gasteiger charge is -2.36. The maximum absolute atomic E-state index is 9.97. The number of hydrogen-bond acceptors (Lipinski definition) is 3. The van der Waals surface area contributed by atoms with E-state index in [9.17, 15) is 5.26 Å². The monoisotopic (exact) mass is 286 g/mol. The molecule has 0 radical (unpaired) electrons. The van der Waals surface area contributed by atoms with Crippen LogP contribution in [0.1, 0.15) is 32.3 Å². The Bertz CT molecular complexity index is 462. The highest BCUT2D eigenvalue weighted by Crippen LogP contribution is 2.37. The highest BCUT2D eigenvalue weighted by atomic mass is 16.5. The number of morpholine rings is 1. The van der Waals surface area contributed by atoms with Gasteiger partial charge in [-0.2, -0.15) is 5.26 Å². The van der Waals surface area contributed by atoms with E-state index in [1.807, 2.05) is 18.2 Å². The molecule has 0 spiro atoms. The molecule has 0 aromatic heterocycles. The van der Waals surface area contributed by atoms with Crippen molar-refractivity contribution in [3.8, 4) is 6.07 Å². The molecule has 21 heavy (non-hydrogen) atoms. The van der Waals surface area contributed by atoms with Gasteiger partial charge in [-0.15, -0.1) is 0 Å². The van der Waals surface area contributed by atoms with Crippen molar-refractivity contribution in [1.29, 1.82) is 5.26 Å². The van der Waals surface area contributed by atoms with Crippen molar-refractivity contribution in [2.75, 3.05) is 32.8 Å². The second-order valence-electron chi connectivity index (χ2n) is 5.96. The summed E-state index contributed by atoms with van der Waals surface area (Å²) in [7, 11) is 0. The fraction of sp³-hybridized carbons (Fsp3) is 0.611. The molecule has 2 unspecified atom stereocenters. The van der Waals surface area contributed by atoms with Crippen LogP contribution in [0.15, 0.2) is 30.3 Å². The van der Waals surface area contributed by atoms with Crippen LogP contribution in [-0.2, 0) is 10.2 Å². The first-order valence-corrected chi connectivity index (χ1v) is 8.00. The van der Waals surface area contributed by atoms with Crippen LogP contribution in [0, 0.1) is 17.2 Å². The third kappa shape index (κ3) is 3.64. The molecular formula is C18H26N2O. The van der Waals surface area contributed by atoms with Gasteiger partial charge in [-0.1, -0.05) is 50.6 Å². The van der Waals surface area contributed by atoms with E-state index in [4.69, 9.17) is 4.74 Å². The Hall–Kier alpha value is -1.37. The number of nitrogens with zero attached hydrogens (tertiary/aromatic N) is 2. The lowest BCUT2D eigenvalue weighted by Crippen LogP contribution is -2.41. The number of benzene rings is 1. The zero-order chi connectivity index (χ0) is 15.1. The lowest BCUT2D eigenvalue weighted by atomic mass is 9.68. The SMILES string of the molecule is CCC(C)C(C#N)(CCN1CCOCC1)c1ccccc1. The van der Waals surface area contributed by atoms with Crippen LogP contribution in [0.4, 0.5) is 0 Å². The van der Waals surface area contributed by atoms with Crippen LogP contribution >= 0.6 is 0 Å². The molecule has 1 aliphatic heterocycles. The summed E-state index contributed by atoms with van der Waals surface area (Å²) in [4.78, 5) is 2.42. The fourth-order valence-corrected chi connectivity index (χ4v) is 3.15. The largest absolute Gasteiger partial charge is 0.379 e. The van der Waals surface area contributed by atoms with Crippen molar-refractivity contribution in [2.45, 2.75) is 32.1 Å². The molecule has 1 heterocycles. The lowest BCUT2D eigenvalue weighted by molar-refractivity contribution is 0.0342. The van der Waals surface area contributed by atoms with E-state index >= 15 is 0 Å². The van der Waals surface area contributed by atoms with Gasteiger partial charge in [-0.3, -0.25) is 4.90 Å². The Balaban J connectivity index is 2.17. The smallest absolute Gasteiger partial charge is 0.0859 e. The zero-order valence-corrected chi connectivity index (χ0v) is 13.2. The van der Waals surface area contributed by atoms with Crippen molar-refractivity contribution in [2.24, 2.45) is 5.92 Å². The van der Waals surface area contributed by atoms with E-state index in [-0.39, 0.29) is 5.41 Å². The number of ether oxygens (including phenoxy) is 1. The van der Waals surface area contributed by atoms with Crippen molar-refractivity contribution < 1.29 is 4.74 Å². The molecule has 1 aromatic carbocycles. The van der Waals surface area contributed by atoms with Gasteiger partial charge in [0.15, 0.2) is 0 Å². The summed E-state index contributed by atoms with van der Waals surface area (Å²) in [6.07, 6.45) is 1.91. The van der Waals surface area contributed by atoms with Gasteiger partial charge < -0.3 is 4.74 Å². The molecule has 3 heteroatoms. The minimum Gasteiger partial charge on any atom is -0.379 e. The average molecular weight is 286 g/mol. The molecule has 3 nitrogen and oxygen atoms in total. The highest BCUT2D eigenvalue weighted by Gasteiger charge is 2.37. The number of nitriles is 1. The molecule has 2 atom stereocenters. The molecule has 0 amide bonds. The Kier molecular flexibility index (Phi) is 5.78. The normalized spacial score (nSPS) is 20.4. The van der Waals surface area contributed by atoms with Gasteiger partial charge in [-0.25, -0.2) is 0 Å². The summed E-state index contributed by atoms with van der Waals surface area (Å²) in [5.41, 5.74) is 0.781. The van der Waals surface area contributed by atoms with Crippen LogP contribution in [0.25, 0.3) is 0 Å². The maximum Gasteiger partial charge on any atom is 0.0859 e. The van der Waals surface area contributed by atoms with Gasteiger partial charge in [-0.05, 0) is 17.9 Å². The first-order valence-electron chi connectivity index (χ1n) is 8.00. The van der Waals surface area contributed by atoms with Crippen LogP contribution in [-0.4, -0.2) is 37.7 Å². The number of hydrogen-bond donors (Lipinski definition) is 0. The van der Waals surface area contributed by atoms with E-state index in [2.05, 4.69) is 36.9 Å². The predicted octanol–water partition coefficient (Wildman–Crippen LogP) is 3.22. The number of rotatable bonds is 6. The van der Waals surface area contributed by atoms with Crippen LogP contribution < -0.4 is 0 Å². The summed E-state index contributed by atoms with van der Waals surface area (Å²) < 4.78 is 5.40. The minimum absolute atomic E-state index is 0.353. The second kappa shape index (κ2) is 7.59. The van der Waals surface area contributed by atoms with E-state index in [1.54, 1.807) is 0 Å². The summed E-state index contributed by atoms with van der Waals surface area (Å²) >= 11 is 0. The highest BCUT2D eigenvalue weighted by molar-refractivity contribution is 5.33. The molecule has 0 saturated carbocycles.